The maximum atomic E-state index is 12.8. The molecule has 6 nitrogen and oxygen atoms in total. The van der Waals surface area contributed by atoms with Crippen molar-refractivity contribution in [3.8, 4) is 22.6 Å². The molecule has 0 bridgehead atoms. The second-order valence-electron chi connectivity index (χ2n) is 7.36. The van der Waals surface area contributed by atoms with Gasteiger partial charge in [-0.05, 0) is 69.2 Å². The van der Waals surface area contributed by atoms with E-state index in [2.05, 4.69) is 5.32 Å². The predicted octanol–water partition coefficient (Wildman–Crippen LogP) is 7.00. The largest absolute Gasteiger partial charge is 0.490 e. The lowest BCUT2D eigenvalue weighted by Gasteiger charge is -2.11. The molecule has 0 fully saturated rings. The van der Waals surface area contributed by atoms with Crippen LogP contribution < -0.4 is 14.8 Å². The first kappa shape index (κ1) is 26.3. The Bertz CT molecular complexity index is 1220. The smallest absolute Gasteiger partial charge is 0.341 e. The van der Waals surface area contributed by atoms with Gasteiger partial charge >= 0.3 is 5.97 Å². The summed E-state index contributed by atoms with van der Waals surface area (Å²) in [4.78, 5) is 26.5. The highest BCUT2D eigenvalue weighted by Crippen LogP contribution is 2.40. The van der Waals surface area contributed by atoms with Crippen molar-refractivity contribution in [1.29, 1.82) is 0 Å². The molecule has 35 heavy (non-hydrogen) atoms. The zero-order valence-corrected chi connectivity index (χ0v) is 21.7. The van der Waals surface area contributed by atoms with Crippen molar-refractivity contribution in [1.82, 2.24) is 0 Å². The van der Waals surface area contributed by atoms with Crippen LogP contribution in [0.25, 0.3) is 17.2 Å². The number of halogens is 1. The third-order valence-electron chi connectivity index (χ3n) is 4.93. The molecule has 0 radical (unpaired) electrons. The van der Waals surface area contributed by atoms with E-state index < -0.39 is 5.97 Å². The van der Waals surface area contributed by atoms with E-state index in [1.807, 2.05) is 51.1 Å². The lowest BCUT2D eigenvalue weighted by atomic mass is 10.0. The molecular formula is C27H28ClNO5S. The van der Waals surface area contributed by atoms with Crippen molar-refractivity contribution in [2.75, 3.05) is 25.1 Å². The second-order valence-corrected chi connectivity index (χ2v) is 9.02. The van der Waals surface area contributed by atoms with Gasteiger partial charge in [-0.3, -0.25) is 4.79 Å². The second kappa shape index (κ2) is 12.4. The quantitative estimate of drug-likeness (QED) is 0.233. The molecule has 8 heteroatoms. The van der Waals surface area contributed by atoms with E-state index in [1.165, 1.54) is 17.4 Å². The first-order valence-corrected chi connectivity index (χ1v) is 12.5. The molecule has 0 aliphatic rings. The van der Waals surface area contributed by atoms with E-state index in [0.717, 1.165) is 21.6 Å². The summed E-state index contributed by atoms with van der Waals surface area (Å²) in [5.41, 5.74) is 2.65. The maximum absolute atomic E-state index is 12.8. The summed E-state index contributed by atoms with van der Waals surface area (Å²) in [6, 6.07) is 12.7. The number of thiophene rings is 1. The van der Waals surface area contributed by atoms with E-state index in [1.54, 1.807) is 25.1 Å². The molecule has 3 rings (SSSR count). The SMILES string of the molecule is CCOC(=O)c1c(NC(=O)/C=C/c2ccc(OCC)c(OCC)c2)sc(C)c1-c1ccc(Cl)cc1. The standard InChI is InChI=1S/C27H28ClNO5S/c1-5-32-21-14-8-18(16-22(21)33-6-2)9-15-23(30)29-26-25(27(31)34-7-3)24(17(4)35-26)19-10-12-20(28)13-11-19/h8-16H,5-7H2,1-4H3,(H,29,30)/b15-9+. The third kappa shape index (κ3) is 6.65. The minimum Gasteiger partial charge on any atom is -0.490 e. The van der Waals surface area contributed by atoms with Crippen LogP contribution in [0.4, 0.5) is 5.00 Å². The van der Waals surface area contributed by atoms with Crippen molar-refractivity contribution in [2.24, 2.45) is 0 Å². The zero-order chi connectivity index (χ0) is 25.4. The number of hydrogen-bond acceptors (Lipinski definition) is 6. The lowest BCUT2D eigenvalue weighted by molar-refractivity contribution is -0.111. The summed E-state index contributed by atoms with van der Waals surface area (Å²) in [5, 5.41) is 3.87. The first-order chi connectivity index (χ1) is 16.9. The minimum absolute atomic E-state index is 0.223. The molecular weight excluding hydrogens is 486 g/mol. The molecule has 1 amide bonds. The van der Waals surface area contributed by atoms with Gasteiger partial charge in [0.15, 0.2) is 11.5 Å². The molecule has 0 unspecified atom stereocenters. The fourth-order valence-electron chi connectivity index (χ4n) is 3.49. The summed E-state index contributed by atoms with van der Waals surface area (Å²) < 4.78 is 16.5. The van der Waals surface area contributed by atoms with Crippen LogP contribution >= 0.6 is 22.9 Å². The van der Waals surface area contributed by atoms with Crippen LogP contribution in [-0.2, 0) is 9.53 Å². The van der Waals surface area contributed by atoms with Crippen LogP contribution in [0.1, 0.15) is 41.6 Å². The number of rotatable bonds is 10. The summed E-state index contributed by atoms with van der Waals surface area (Å²) in [7, 11) is 0. The third-order valence-corrected chi connectivity index (χ3v) is 6.20. The van der Waals surface area contributed by atoms with Gasteiger partial charge in [0.2, 0.25) is 5.91 Å². The number of ether oxygens (including phenoxy) is 3. The van der Waals surface area contributed by atoms with Crippen molar-refractivity contribution in [3.05, 3.63) is 69.6 Å². The van der Waals surface area contributed by atoms with E-state index in [0.29, 0.717) is 40.3 Å². The number of benzene rings is 2. The Hall–Kier alpha value is -3.29. The van der Waals surface area contributed by atoms with Gasteiger partial charge in [0.25, 0.3) is 0 Å². The molecule has 0 saturated heterocycles. The van der Waals surface area contributed by atoms with Gasteiger partial charge in [0, 0.05) is 21.5 Å². The Morgan fingerprint density at radius 3 is 2.31 bits per heavy atom. The molecule has 0 atom stereocenters. The molecule has 1 aromatic heterocycles. The van der Waals surface area contributed by atoms with Gasteiger partial charge in [0.05, 0.1) is 19.8 Å². The number of amides is 1. The Kier molecular flexibility index (Phi) is 9.34. The number of carbonyl (C=O) groups is 2. The maximum Gasteiger partial charge on any atom is 0.341 e. The van der Waals surface area contributed by atoms with Crippen molar-refractivity contribution >= 4 is 45.9 Å². The van der Waals surface area contributed by atoms with Crippen molar-refractivity contribution in [3.63, 3.8) is 0 Å². The fourth-order valence-corrected chi connectivity index (χ4v) is 4.68. The van der Waals surface area contributed by atoms with Crippen LogP contribution in [0.5, 0.6) is 11.5 Å². The van der Waals surface area contributed by atoms with E-state index in [-0.39, 0.29) is 12.5 Å². The summed E-state index contributed by atoms with van der Waals surface area (Å²) in [6.45, 7) is 8.69. The topological polar surface area (TPSA) is 73.9 Å². The van der Waals surface area contributed by atoms with Crippen LogP contribution in [0, 0.1) is 6.92 Å². The van der Waals surface area contributed by atoms with E-state index in [4.69, 9.17) is 25.8 Å². The number of carbonyl (C=O) groups excluding carboxylic acids is 2. The summed E-state index contributed by atoms with van der Waals surface area (Å²) >= 11 is 7.36. The number of nitrogens with one attached hydrogen (secondary N) is 1. The van der Waals surface area contributed by atoms with Gasteiger partial charge in [-0.2, -0.15) is 0 Å². The van der Waals surface area contributed by atoms with Gasteiger partial charge in [0.1, 0.15) is 10.6 Å². The molecule has 3 aromatic rings. The number of esters is 1. The molecule has 0 spiro atoms. The number of aryl methyl sites for hydroxylation is 1. The lowest BCUT2D eigenvalue weighted by Crippen LogP contribution is -2.12. The minimum atomic E-state index is -0.492. The van der Waals surface area contributed by atoms with E-state index in [9.17, 15) is 9.59 Å². The first-order valence-electron chi connectivity index (χ1n) is 11.3. The van der Waals surface area contributed by atoms with Crippen LogP contribution in [0.2, 0.25) is 5.02 Å². The van der Waals surface area contributed by atoms with Crippen molar-refractivity contribution < 1.29 is 23.8 Å². The monoisotopic (exact) mass is 513 g/mol. The molecule has 1 N–H and O–H groups in total. The Labute approximate surface area is 214 Å². The number of hydrogen-bond donors (Lipinski definition) is 1. The Morgan fingerprint density at radius 1 is 0.971 bits per heavy atom. The highest BCUT2D eigenvalue weighted by molar-refractivity contribution is 7.17. The average Bonchev–Trinajstić information content (AvgIpc) is 3.15. The summed E-state index contributed by atoms with van der Waals surface area (Å²) in [6.07, 6.45) is 3.09. The van der Waals surface area contributed by atoms with Gasteiger partial charge in [-0.1, -0.05) is 29.8 Å². The average molecular weight is 514 g/mol. The summed E-state index contributed by atoms with van der Waals surface area (Å²) in [5.74, 6) is 0.405. The van der Waals surface area contributed by atoms with Gasteiger partial charge in [-0.15, -0.1) is 11.3 Å². The molecule has 1 heterocycles. The van der Waals surface area contributed by atoms with Gasteiger partial charge in [-0.25, -0.2) is 4.79 Å². The van der Waals surface area contributed by atoms with Crippen LogP contribution in [0.3, 0.4) is 0 Å². The van der Waals surface area contributed by atoms with Crippen molar-refractivity contribution in [2.45, 2.75) is 27.7 Å². The number of anilines is 1. The highest BCUT2D eigenvalue weighted by atomic mass is 35.5. The fraction of sp³-hybridized carbons (Fsp3) is 0.259. The van der Waals surface area contributed by atoms with Crippen LogP contribution in [0.15, 0.2) is 48.5 Å². The van der Waals surface area contributed by atoms with Gasteiger partial charge < -0.3 is 19.5 Å². The molecule has 0 saturated carbocycles. The molecule has 0 aliphatic carbocycles. The zero-order valence-electron chi connectivity index (χ0n) is 20.1. The van der Waals surface area contributed by atoms with Crippen LogP contribution in [-0.4, -0.2) is 31.7 Å². The van der Waals surface area contributed by atoms with E-state index >= 15 is 0 Å². The normalized spacial score (nSPS) is 10.9. The highest BCUT2D eigenvalue weighted by Gasteiger charge is 2.25. The molecule has 2 aromatic carbocycles. The predicted molar refractivity (Wildman–Crippen MR) is 142 cm³/mol. The Balaban J connectivity index is 1.88. The Morgan fingerprint density at radius 2 is 1.66 bits per heavy atom. The molecule has 184 valence electrons. The molecule has 0 aliphatic heterocycles.